The van der Waals surface area contributed by atoms with Crippen molar-refractivity contribution >= 4 is 23.3 Å². The maximum Gasteiger partial charge on any atom is 0.250 e. The average molecular weight is 416 g/mol. The number of nitrogens with one attached hydrogen (secondary N) is 1. The molecule has 0 spiro atoms. The lowest BCUT2D eigenvalue weighted by Gasteiger charge is -2.11. The van der Waals surface area contributed by atoms with Gasteiger partial charge >= 0.3 is 0 Å². The largest absolute Gasteiger partial charge is 0.307 e. The molecular formula is C17H14ClF4N5O. The summed E-state index contributed by atoms with van der Waals surface area (Å²) in [6.07, 6.45) is 2.81. The fraction of sp³-hybridized carbons (Fsp3) is 0.235. The quantitative estimate of drug-likeness (QED) is 0.508. The molecule has 1 N–H and O–H groups in total. The molecule has 0 aliphatic rings. The Balaban J connectivity index is 1.73. The fourth-order valence-electron chi connectivity index (χ4n) is 2.45. The van der Waals surface area contributed by atoms with Crippen LogP contribution in [0.4, 0.5) is 23.4 Å². The van der Waals surface area contributed by atoms with Gasteiger partial charge in [0.05, 0.1) is 22.8 Å². The van der Waals surface area contributed by atoms with E-state index in [0.717, 1.165) is 4.68 Å². The molecule has 0 saturated carbocycles. The van der Waals surface area contributed by atoms with Crippen LogP contribution < -0.4 is 5.32 Å². The molecular weight excluding hydrogens is 402 g/mol. The van der Waals surface area contributed by atoms with Crippen LogP contribution in [-0.4, -0.2) is 25.5 Å². The third-order valence-corrected chi connectivity index (χ3v) is 4.42. The summed E-state index contributed by atoms with van der Waals surface area (Å²) in [5.74, 6) is -6.38. The molecule has 0 fully saturated rings. The lowest BCUT2D eigenvalue weighted by molar-refractivity contribution is -0.119. The minimum atomic E-state index is -1.50. The highest BCUT2D eigenvalue weighted by Crippen LogP contribution is 2.21. The highest BCUT2D eigenvalue weighted by Gasteiger charge is 2.21. The molecule has 1 atom stereocenters. The summed E-state index contributed by atoms with van der Waals surface area (Å²) in [4.78, 5) is 12.3. The zero-order chi connectivity index (χ0) is 20.6. The van der Waals surface area contributed by atoms with E-state index in [2.05, 4.69) is 15.5 Å². The molecule has 2 aromatic heterocycles. The SMILES string of the molecule is Cc1nn(C(C)C(=O)Nc2ccn(Cc3c(F)c(F)cc(F)c3F)n2)cc1Cl. The minimum absolute atomic E-state index is 0.0875. The van der Waals surface area contributed by atoms with E-state index in [4.69, 9.17) is 11.6 Å². The van der Waals surface area contributed by atoms with Gasteiger partial charge in [-0.1, -0.05) is 11.6 Å². The normalized spacial score (nSPS) is 12.2. The van der Waals surface area contributed by atoms with Crippen LogP contribution in [0.3, 0.4) is 0 Å². The average Bonchev–Trinajstić information content (AvgIpc) is 3.22. The smallest absolute Gasteiger partial charge is 0.250 e. The maximum atomic E-state index is 13.8. The van der Waals surface area contributed by atoms with Crippen LogP contribution in [0.1, 0.15) is 24.2 Å². The van der Waals surface area contributed by atoms with Gasteiger partial charge in [0, 0.05) is 24.5 Å². The zero-order valence-electron chi connectivity index (χ0n) is 14.7. The number of carbonyl (C=O) groups is 1. The third kappa shape index (κ3) is 3.86. The number of aromatic nitrogens is 4. The first-order valence-corrected chi connectivity index (χ1v) is 8.42. The molecule has 0 saturated heterocycles. The molecule has 0 aliphatic carbocycles. The number of anilines is 1. The summed E-state index contributed by atoms with van der Waals surface area (Å²) in [5.41, 5.74) is -0.245. The van der Waals surface area contributed by atoms with Gasteiger partial charge in [0.2, 0.25) is 5.91 Å². The second-order valence-corrected chi connectivity index (χ2v) is 6.46. The van der Waals surface area contributed by atoms with Gasteiger partial charge in [-0.3, -0.25) is 14.2 Å². The number of aryl methyl sites for hydroxylation is 1. The second-order valence-electron chi connectivity index (χ2n) is 6.05. The van der Waals surface area contributed by atoms with Gasteiger partial charge in [-0.2, -0.15) is 10.2 Å². The third-order valence-electron chi connectivity index (χ3n) is 4.05. The Morgan fingerprint density at radius 1 is 1.21 bits per heavy atom. The van der Waals surface area contributed by atoms with E-state index in [1.54, 1.807) is 13.8 Å². The van der Waals surface area contributed by atoms with Crippen molar-refractivity contribution in [3.05, 3.63) is 64.1 Å². The van der Waals surface area contributed by atoms with E-state index < -0.39 is 47.3 Å². The topological polar surface area (TPSA) is 64.7 Å². The summed E-state index contributed by atoms with van der Waals surface area (Å²) < 4.78 is 56.5. The summed E-state index contributed by atoms with van der Waals surface area (Å²) in [6, 6.07) is 0.800. The van der Waals surface area contributed by atoms with Crippen molar-refractivity contribution in [3.63, 3.8) is 0 Å². The van der Waals surface area contributed by atoms with Crippen molar-refractivity contribution in [3.8, 4) is 0 Å². The molecule has 148 valence electrons. The van der Waals surface area contributed by atoms with Crippen LogP contribution in [0.2, 0.25) is 5.02 Å². The Kier molecular flexibility index (Phi) is 5.41. The molecule has 1 amide bonds. The molecule has 28 heavy (non-hydrogen) atoms. The molecule has 1 aromatic carbocycles. The Morgan fingerprint density at radius 3 is 2.43 bits per heavy atom. The van der Waals surface area contributed by atoms with Gasteiger partial charge in [0.25, 0.3) is 0 Å². The molecule has 1 unspecified atom stereocenters. The highest BCUT2D eigenvalue weighted by atomic mass is 35.5. The molecule has 0 aliphatic heterocycles. The second kappa shape index (κ2) is 7.63. The number of halogens is 5. The van der Waals surface area contributed by atoms with E-state index in [-0.39, 0.29) is 11.9 Å². The number of hydrogen-bond donors (Lipinski definition) is 1. The lowest BCUT2D eigenvalue weighted by atomic mass is 10.2. The summed E-state index contributed by atoms with van der Waals surface area (Å²) in [7, 11) is 0. The molecule has 3 aromatic rings. The molecule has 6 nitrogen and oxygen atoms in total. The van der Waals surface area contributed by atoms with Crippen molar-refractivity contribution in [2.75, 3.05) is 5.32 Å². The number of carbonyl (C=O) groups excluding carboxylic acids is 1. The van der Waals surface area contributed by atoms with Gasteiger partial charge in [-0.25, -0.2) is 17.6 Å². The van der Waals surface area contributed by atoms with Crippen LogP contribution in [-0.2, 0) is 11.3 Å². The van der Waals surface area contributed by atoms with Crippen LogP contribution in [0.15, 0.2) is 24.5 Å². The Hall–Kier alpha value is -2.88. The predicted octanol–water partition coefficient (Wildman–Crippen LogP) is 3.85. The first-order valence-electron chi connectivity index (χ1n) is 8.04. The Morgan fingerprint density at radius 2 is 1.86 bits per heavy atom. The first-order chi connectivity index (χ1) is 13.2. The fourth-order valence-corrected chi connectivity index (χ4v) is 2.59. The molecule has 11 heteroatoms. The van der Waals surface area contributed by atoms with E-state index >= 15 is 0 Å². The number of benzene rings is 1. The molecule has 0 radical (unpaired) electrons. The van der Waals surface area contributed by atoms with Crippen LogP contribution in [0.25, 0.3) is 0 Å². The van der Waals surface area contributed by atoms with E-state index in [9.17, 15) is 22.4 Å². The number of nitrogens with zero attached hydrogens (tertiary/aromatic N) is 4. The maximum absolute atomic E-state index is 13.8. The highest BCUT2D eigenvalue weighted by molar-refractivity contribution is 6.31. The summed E-state index contributed by atoms with van der Waals surface area (Å²) >= 11 is 5.92. The minimum Gasteiger partial charge on any atom is -0.307 e. The number of amides is 1. The monoisotopic (exact) mass is 415 g/mol. The summed E-state index contributed by atoms with van der Waals surface area (Å²) in [5, 5.41) is 11.0. The standard InChI is InChI=1S/C17H14ClF4N5O/c1-8-11(18)7-27(24-8)9(2)17(28)23-14-3-4-26(25-14)6-10-15(21)12(19)5-13(20)16(10)22/h3-5,7,9H,6H2,1-2H3,(H,23,25,28). The van der Waals surface area contributed by atoms with Crippen molar-refractivity contribution in [2.45, 2.75) is 26.4 Å². The Labute approximate surface area is 161 Å². The number of rotatable bonds is 5. The summed E-state index contributed by atoms with van der Waals surface area (Å²) in [6.45, 7) is 2.72. The molecule has 0 bridgehead atoms. The molecule has 2 heterocycles. The van der Waals surface area contributed by atoms with Crippen molar-refractivity contribution in [2.24, 2.45) is 0 Å². The van der Waals surface area contributed by atoms with Crippen molar-refractivity contribution in [1.29, 1.82) is 0 Å². The van der Waals surface area contributed by atoms with Gasteiger partial charge < -0.3 is 5.32 Å². The van der Waals surface area contributed by atoms with Gasteiger partial charge in [0.1, 0.15) is 6.04 Å². The molecule has 3 rings (SSSR count). The zero-order valence-corrected chi connectivity index (χ0v) is 15.4. The van der Waals surface area contributed by atoms with Gasteiger partial charge in [-0.15, -0.1) is 0 Å². The van der Waals surface area contributed by atoms with E-state index in [1.165, 1.54) is 23.1 Å². The predicted molar refractivity (Wildman–Crippen MR) is 92.9 cm³/mol. The van der Waals surface area contributed by atoms with Crippen LogP contribution in [0, 0.1) is 30.2 Å². The first kappa shape index (κ1) is 19.9. The van der Waals surface area contributed by atoms with Crippen molar-refractivity contribution < 1.29 is 22.4 Å². The van der Waals surface area contributed by atoms with Crippen molar-refractivity contribution in [1.82, 2.24) is 19.6 Å². The van der Waals surface area contributed by atoms with Gasteiger partial charge in [0.15, 0.2) is 29.1 Å². The Bertz CT molecular complexity index is 1000. The van der Waals surface area contributed by atoms with E-state index in [0.29, 0.717) is 10.7 Å². The lowest BCUT2D eigenvalue weighted by Crippen LogP contribution is -2.24. The van der Waals surface area contributed by atoms with Gasteiger partial charge in [-0.05, 0) is 13.8 Å². The number of hydrogen-bond acceptors (Lipinski definition) is 3. The van der Waals surface area contributed by atoms with Crippen LogP contribution >= 0.6 is 11.6 Å². The van der Waals surface area contributed by atoms with Crippen LogP contribution in [0.5, 0.6) is 0 Å². The van der Waals surface area contributed by atoms with E-state index in [1.807, 2.05) is 0 Å².